The minimum absolute atomic E-state index is 0.750. The third-order valence-electron chi connectivity index (χ3n) is 1.33. The Morgan fingerprint density at radius 3 is 2.09 bits per heavy atom. The molecule has 2 rings (SSSR count). The minimum atomic E-state index is -0.750. The van der Waals surface area contributed by atoms with Gasteiger partial charge in [0.05, 0.1) is 7.11 Å². The van der Waals surface area contributed by atoms with E-state index in [2.05, 4.69) is 4.98 Å². The van der Waals surface area contributed by atoms with Gasteiger partial charge in [0.1, 0.15) is 5.75 Å². The largest absolute Gasteiger partial charge is 0.495 e. The predicted molar refractivity (Wildman–Crippen MR) is 41.4 cm³/mol. The van der Waals surface area contributed by atoms with Crippen LogP contribution in [-0.2, 0) is 0 Å². The number of hydrogen-bond donors (Lipinski definition) is 2. The lowest BCUT2D eigenvalue weighted by Crippen LogP contribution is -1.75. The van der Waals surface area contributed by atoms with Crippen LogP contribution in [0.5, 0.6) is 5.75 Å². The normalized spacial score (nSPS) is 9.36. The summed E-state index contributed by atoms with van der Waals surface area (Å²) in [5.41, 5.74) is 2.35. The molecule has 0 aromatic heterocycles. The van der Waals surface area contributed by atoms with Crippen molar-refractivity contribution >= 4 is 7.69 Å². The Bertz CT molecular complexity index is 233. The third kappa shape index (κ3) is 1.50. The topological polar surface area (TPSA) is 62.6 Å². The summed E-state index contributed by atoms with van der Waals surface area (Å²) < 4.78 is 4.95. The molecule has 0 bridgehead atoms. The van der Waals surface area contributed by atoms with Crippen molar-refractivity contribution in [3.63, 3.8) is 0 Å². The van der Waals surface area contributed by atoms with Gasteiger partial charge >= 0.3 is 7.69 Å². The van der Waals surface area contributed by atoms with Crippen LogP contribution in [0.2, 0.25) is 0 Å². The molecule has 2 aliphatic rings. The van der Waals surface area contributed by atoms with Gasteiger partial charge in [-0.1, -0.05) is 0 Å². The van der Waals surface area contributed by atoms with E-state index < -0.39 is 7.69 Å². The fourth-order valence-electron chi connectivity index (χ4n) is 0.861. The number of nitrogens with zero attached hydrogens (tertiary/aromatic N) is 1. The summed E-state index contributed by atoms with van der Waals surface area (Å²) in [6, 6.07) is 0. The van der Waals surface area contributed by atoms with Crippen LogP contribution in [0.1, 0.15) is 0 Å². The molecule has 4 nitrogen and oxygen atoms in total. The van der Waals surface area contributed by atoms with Crippen molar-refractivity contribution in [1.82, 2.24) is 4.98 Å². The predicted octanol–water partition coefficient (Wildman–Crippen LogP) is -0.692. The number of ether oxygens (including phenoxy) is 1. The average molecular weight is 153 g/mol. The van der Waals surface area contributed by atoms with Crippen molar-refractivity contribution in [2.45, 2.75) is 0 Å². The van der Waals surface area contributed by atoms with Crippen molar-refractivity contribution in [3.8, 4) is 16.9 Å². The molecule has 1 heterocycles. The highest BCUT2D eigenvalue weighted by atomic mass is 16.5. The molecule has 58 valence electrons. The molecule has 0 spiro atoms. The zero-order valence-electron chi connectivity index (χ0n) is 6.11. The van der Waals surface area contributed by atoms with E-state index in [1.807, 2.05) is 12.4 Å². The lowest BCUT2D eigenvalue weighted by atomic mass is 10.5. The second-order valence-corrected chi connectivity index (χ2v) is 1.91. The molecule has 11 heavy (non-hydrogen) atoms. The smallest absolute Gasteiger partial charge is 0.432 e. The van der Waals surface area contributed by atoms with Gasteiger partial charge in [0.25, 0.3) is 0 Å². The fourth-order valence-corrected chi connectivity index (χ4v) is 0.861. The molecule has 0 amide bonds. The number of hydrogen-bond acceptors (Lipinski definition) is 4. The summed E-state index contributed by atoms with van der Waals surface area (Å²) in [5.74, 6) is 1.01. The summed E-state index contributed by atoms with van der Waals surface area (Å²) >= 11 is 0. The maximum absolute atomic E-state index is 7.12. The third-order valence-corrected chi connectivity index (χ3v) is 1.33. The Labute approximate surface area is 64.8 Å². The van der Waals surface area contributed by atoms with Crippen LogP contribution in [-0.4, -0.2) is 29.8 Å². The van der Waals surface area contributed by atoms with Crippen LogP contribution in [0.3, 0.4) is 0 Å². The van der Waals surface area contributed by atoms with E-state index in [9.17, 15) is 0 Å². The summed E-state index contributed by atoms with van der Waals surface area (Å²) in [4.78, 5) is 3.89. The van der Waals surface area contributed by atoms with Gasteiger partial charge in [-0.05, 0) is 0 Å². The highest BCUT2D eigenvalue weighted by Crippen LogP contribution is 2.49. The maximum Gasteiger partial charge on any atom is 0.432 e. The fraction of sp³-hybridized carbons (Fsp3) is 0.167. The molecule has 0 unspecified atom stereocenters. The number of fused-ring (bicyclic) bond motifs is 1. The van der Waals surface area contributed by atoms with Crippen molar-refractivity contribution in [3.05, 3.63) is 12.4 Å². The van der Waals surface area contributed by atoms with Gasteiger partial charge in [-0.25, -0.2) is 0 Å². The van der Waals surface area contributed by atoms with E-state index in [0.717, 1.165) is 5.75 Å². The van der Waals surface area contributed by atoms with E-state index in [4.69, 9.17) is 14.8 Å². The molecule has 0 aromatic rings. The van der Waals surface area contributed by atoms with E-state index in [0.29, 0.717) is 0 Å². The lowest BCUT2D eigenvalue weighted by molar-refractivity contribution is 0.430. The maximum atomic E-state index is 7.12. The molecular weight excluding hydrogens is 145 g/mol. The van der Waals surface area contributed by atoms with E-state index >= 15 is 0 Å². The van der Waals surface area contributed by atoms with E-state index in [1.165, 1.54) is 11.1 Å². The number of pyridine rings is 1. The van der Waals surface area contributed by atoms with E-state index in [1.54, 1.807) is 7.11 Å². The van der Waals surface area contributed by atoms with Crippen LogP contribution in [0.4, 0.5) is 0 Å². The van der Waals surface area contributed by atoms with Crippen LogP contribution < -0.4 is 4.74 Å². The molecule has 0 aromatic carbocycles. The van der Waals surface area contributed by atoms with Gasteiger partial charge in [-0.3, -0.25) is 4.98 Å². The first-order valence-corrected chi connectivity index (χ1v) is 3.09. The van der Waals surface area contributed by atoms with Gasteiger partial charge in [-0.15, -0.1) is 0 Å². The van der Waals surface area contributed by atoms with Crippen LogP contribution >= 0.6 is 0 Å². The van der Waals surface area contributed by atoms with Crippen LogP contribution in [0.15, 0.2) is 12.4 Å². The van der Waals surface area contributed by atoms with Gasteiger partial charge in [0, 0.05) is 23.5 Å². The van der Waals surface area contributed by atoms with Gasteiger partial charge in [0.2, 0.25) is 0 Å². The quantitative estimate of drug-likeness (QED) is 0.532. The first kappa shape index (κ1) is 8.04. The molecule has 5 heteroatoms. The second-order valence-electron chi connectivity index (χ2n) is 1.91. The van der Waals surface area contributed by atoms with Gasteiger partial charge < -0.3 is 14.8 Å². The molecule has 1 aliphatic carbocycles. The van der Waals surface area contributed by atoms with Crippen molar-refractivity contribution in [1.29, 1.82) is 0 Å². The summed E-state index contributed by atoms with van der Waals surface area (Å²) in [6.45, 7) is 0. The Balaban J connectivity index is 0.000000179. The average Bonchev–Trinajstić information content (AvgIpc) is 2.43. The summed E-state index contributed by atoms with van der Waals surface area (Å²) in [5, 5.41) is 14.2. The molecule has 0 fully saturated rings. The number of methoxy groups -OCH3 is 1. The molecule has 0 saturated carbocycles. The highest BCUT2D eigenvalue weighted by molar-refractivity contribution is 6.13. The first-order chi connectivity index (χ1) is 5.35. The number of rotatable bonds is 1. The Morgan fingerprint density at radius 2 is 1.82 bits per heavy atom. The van der Waals surface area contributed by atoms with Crippen molar-refractivity contribution in [2.75, 3.05) is 7.11 Å². The lowest BCUT2D eigenvalue weighted by Gasteiger charge is -1.79. The zero-order valence-corrected chi connectivity index (χ0v) is 6.11. The minimum Gasteiger partial charge on any atom is -0.495 e. The van der Waals surface area contributed by atoms with Crippen molar-refractivity contribution in [2.24, 2.45) is 0 Å². The summed E-state index contributed by atoms with van der Waals surface area (Å²) in [6.07, 6.45) is 3.63. The molecule has 0 atom stereocenters. The van der Waals surface area contributed by atoms with Crippen LogP contribution in [0.25, 0.3) is 11.1 Å². The first-order valence-electron chi connectivity index (χ1n) is 3.09. The Kier molecular flexibility index (Phi) is 2.46. The van der Waals surface area contributed by atoms with E-state index in [-0.39, 0.29) is 0 Å². The molecule has 0 radical (unpaired) electrons. The SMILES string of the molecule is COc1c2cncc1-2.OBO. The monoisotopic (exact) mass is 153 g/mol. The molecule has 0 saturated heterocycles. The number of aromatic nitrogens is 1. The molecule has 2 N–H and O–H groups in total. The standard InChI is InChI=1S/C6H5NO.BH3O2/c1-8-6-4-2-7-3-5(4)6;2-1-3/h2-3H,1H3;1-3H. The molecular formula is C6H8BNO3. The van der Waals surface area contributed by atoms with Crippen LogP contribution in [0, 0.1) is 0 Å². The van der Waals surface area contributed by atoms with Gasteiger partial charge in [-0.2, -0.15) is 0 Å². The summed E-state index contributed by atoms with van der Waals surface area (Å²) in [7, 11) is 0.926. The second kappa shape index (κ2) is 3.36. The highest BCUT2D eigenvalue weighted by Gasteiger charge is 2.25. The van der Waals surface area contributed by atoms with Crippen molar-refractivity contribution < 1.29 is 14.8 Å². The molecule has 1 aliphatic heterocycles. The zero-order chi connectivity index (χ0) is 8.27. The van der Waals surface area contributed by atoms with Gasteiger partial charge in [0.15, 0.2) is 0 Å². The Morgan fingerprint density at radius 1 is 1.36 bits per heavy atom. The Hall–Kier alpha value is -1.07.